The molecule has 4 rings (SSSR count). The van der Waals surface area contributed by atoms with E-state index in [0.29, 0.717) is 0 Å². The lowest BCUT2D eigenvalue weighted by Crippen LogP contribution is -2.28. The second kappa shape index (κ2) is 7.55. The van der Waals surface area contributed by atoms with Crippen molar-refractivity contribution in [2.45, 2.75) is 32.7 Å². The lowest BCUT2D eigenvalue weighted by molar-refractivity contribution is -0.112. The zero-order valence-electron chi connectivity index (χ0n) is 16.3. The van der Waals surface area contributed by atoms with Gasteiger partial charge in [-0.25, -0.2) is 0 Å². The molecule has 0 bridgehead atoms. The van der Waals surface area contributed by atoms with Crippen molar-refractivity contribution in [3.05, 3.63) is 75.4 Å². The highest BCUT2D eigenvalue weighted by Gasteiger charge is 2.42. The number of hydrogen-bond acceptors (Lipinski definition) is 4. The number of benzene rings is 2. The molecule has 0 saturated carbocycles. The SMILES string of the molecule is COc1ccc2c(c1)CC[C@@H]1C2=NN(/C(C)=C/C(C)=O)[C@@H]1c1ccc(Br)cc1. The van der Waals surface area contributed by atoms with Gasteiger partial charge < -0.3 is 4.74 Å². The van der Waals surface area contributed by atoms with Crippen LogP contribution >= 0.6 is 15.9 Å². The molecular weight excluding hydrogens is 416 g/mol. The molecule has 144 valence electrons. The van der Waals surface area contributed by atoms with Gasteiger partial charge in [-0.2, -0.15) is 5.10 Å². The maximum Gasteiger partial charge on any atom is 0.154 e. The van der Waals surface area contributed by atoms with Crippen LogP contribution < -0.4 is 4.74 Å². The highest BCUT2D eigenvalue weighted by atomic mass is 79.9. The highest BCUT2D eigenvalue weighted by Crippen LogP contribution is 2.45. The van der Waals surface area contributed by atoms with Crippen LogP contribution in [0.5, 0.6) is 5.75 Å². The molecule has 0 amide bonds. The first kappa shape index (κ1) is 18.9. The third kappa shape index (κ3) is 3.39. The van der Waals surface area contributed by atoms with E-state index >= 15 is 0 Å². The molecule has 0 fully saturated rings. The standard InChI is InChI=1S/C23H23BrN2O2/c1-14(12-15(2)27)26-23(16-4-7-18(24)8-5-16)21-10-6-17-13-19(28-3)9-11-20(17)22(21)25-26/h4-5,7-9,11-13,21,23H,6,10H2,1-3H3/b14-12+/t21-,23-/m1/s1. The maximum absolute atomic E-state index is 11.7. The van der Waals surface area contributed by atoms with Gasteiger partial charge in [0, 0.05) is 27.7 Å². The van der Waals surface area contributed by atoms with E-state index in [9.17, 15) is 4.79 Å². The average molecular weight is 439 g/mol. The number of hydrogen-bond donors (Lipinski definition) is 0. The summed E-state index contributed by atoms with van der Waals surface area (Å²) in [4.78, 5) is 11.7. The average Bonchev–Trinajstić information content (AvgIpc) is 3.07. The Hall–Kier alpha value is -2.40. The summed E-state index contributed by atoms with van der Waals surface area (Å²) in [7, 11) is 1.70. The molecule has 28 heavy (non-hydrogen) atoms. The van der Waals surface area contributed by atoms with Gasteiger partial charge in [-0.1, -0.05) is 28.1 Å². The smallest absolute Gasteiger partial charge is 0.154 e. The molecule has 2 aliphatic rings. The van der Waals surface area contributed by atoms with Crippen LogP contribution in [0.1, 0.15) is 43.0 Å². The Balaban J connectivity index is 1.81. The molecule has 0 aromatic heterocycles. The molecule has 1 aliphatic heterocycles. The van der Waals surface area contributed by atoms with E-state index in [0.717, 1.165) is 34.5 Å². The zero-order chi connectivity index (χ0) is 19.8. The molecular formula is C23H23BrN2O2. The fourth-order valence-electron chi connectivity index (χ4n) is 4.28. The molecule has 2 aromatic carbocycles. The lowest BCUT2D eigenvalue weighted by atomic mass is 9.77. The van der Waals surface area contributed by atoms with Crippen LogP contribution in [0.2, 0.25) is 0 Å². The maximum atomic E-state index is 11.7. The number of carbonyl (C=O) groups is 1. The minimum Gasteiger partial charge on any atom is -0.497 e. The van der Waals surface area contributed by atoms with E-state index in [2.05, 4.69) is 52.3 Å². The van der Waals surface area contributed by atoms with Crippen molar-refractivity contribution < 1.29 is 9.53 Å². The Bertz CT molecular complexity index is 979. The number of rotatable bonds is 4. The van der Waals surface area contributed by atoms with Gasteiger partial charge in [0.1, 0.15) is 5.75 Å². The van der Waals surface area contributed by atoms with E-state index in [-0.39, 0.29) is 17.7 Å². The summed E-state index contributed by atoms with van der Waals surface area (Å²) >= 11 is 3.52. The van der Waals surface area contributed by atoms with Crippen LogP contribution in [-0.2, 0) is 11.2 Å². The molecule has 1 aliphatic carbocycles. The monoisotopic (exact) mass is 438 g/mol. The largest absolute Gasteiger partial charge is 0.497 e. The predicted octanol–water partition coefficient (Wildman–Crippen LogP) is 5.27. The molecule has 0 radical (unpaired) electrons. The Kier molecular flexibility index (Phi) is 5.11. The highest BCUT2D eigenvalue weighted by molar-refractivity contribution is 9.10. The number of hydrazone groups is 1. The van der Waals surface area contributed by atoms with E-state index in [1.807, 2.05) is 18.0 Å². The van der Waals surface area contributed by atoms with Crippen LogP contribution in [0.4, 0.5) is 0 Å². The fraction of sp³-hybridized carbons (Fsp3) is 0.304. The summed E-state index contributed by atoms with van der Waals surface area (Å²) < 4.78 is 6.45. The van der Waals surface area contributed by atoms with Gasteiger partial charge in [0.25, 0.3) is 0 Å². The molecule has 0 unspecified atom stereocenters. The van der Waals surface area contributed by atoms with E-state index in [1.165, 1.54) is 16.7 Å². The first-order chi connectivity index (χ1) is 13.5. The number of halogens is 1. The van der Waals surface area contributed by atoms with Crippen molar-refractivity contribution in [2.75, 3.05) is 7.11 Å². The summed E-state index contributed by atoms with van der Waals surface area (Å²) in [6.45, 7) is 3.54. The number of carbonyl (C=O) groups excluding carboxylic acids is 1. The number of nitrogens with zero attached hydrogens (tertiary/aromatic N) is 2. The van der Waals surface area contributed by atoms with Gasteiger partial charge in [-0.05, 0) is 68.1 Å². The Labute approximate surface area is 174 Å². The third-order valence-electron chi connectivity index (χ3n) is 5.51. The number of methoxy groups -OCH3 is 1. The molecule has 2 aromatic rings. The zero-order valence-corrected chi connectivity index (χ0v) is 17.9. The van der Waals surface area contributed by atoms with Crippen molar-refractivity contribution in [1.29, 1.82) is 0 Å². The van der Waals surface area contributed by atoms with Crippen molar-refractivity contribution in [1.82, 2.24) is 5.01 Å². The van der Waals surface area contributed by atoms with Crippen LogP contribution in [0.15, 0.2) is 63.8 Å². The van der Waals surface area contributed by atoms with Crippen molar-refractivity contribution in [3.63, 3.8) is 0 Å². The van der Waals surface area contributed by atoms with Gasteiger partial charge in [0.05, 0.1) is 18.9 Å². The van der Waals surface area contributed by atoms with Crippen LogP contribution in [0, 0.1) is 5.92 Å². The third-order valence-corrected chi connectivity index (χ3v) is 6.04. The topological polar surface area (TPSA) is 41.9 Å². The Morgan fingerprint density at radius 1 is 1.21 bits per heavy atom. The summed E-state index contributed by atoms with van der Waals surface area (Å²) in [5.74, 6) is 1.20. The second-order valence-corrected chi connectivity index (χ2v) is 8.31. The summed E-state index contributed by atoms with van der Waals surface area (Å²) in [5.41, 5.74) is 5.65. The summed E-state index contributed by atoms with van der Waals surface area (Å²) in [5, 5.41) is 7.05. The molecule has 0 spiro atoms. The van der Waals surface area contributed by atoms with E-state index in [4.69, 9.17) is 9.84 Å². The van der Waals surface area contributed by atoms with Crippen molar-refractivity contribution in [3.8, 4) is 5.75 Å². The number of ether oxygens (including phenoxy) is 1. The van der Waals surface area contributed by atoms with Gasteiger partial charge in [-0.15, -0.1) is 0 Å². The number of aryl methyl sites for hydroxylation is 1. The summed E-state index contributed by atoms with van der Waals surface area (Å²) in [6, 6.07) is 14.7. The van der Waals surface area contributed by atoms with Gasteiger partial charge in [-0.3, -0.25) is 9.80 Å². The molecule has 0 saturated heterocycles. The quantitative estimate of drug-likeness (QED) is 0.610. The molecule has 0 N–H and O–H groups in total. The van der Waals surface area contributed by atoms with Gasteiger partial charge >= 0.3 is 0 Å². The van der Waals surface area contributed by atoms with Crippen molar-refractivity contribution in [2.24, 2.45) is 11.0 Å². The molecule has 2 atom stereocenters. The minimum absolute atomic E-state index is 0.0345. The predicted molar refractivity (Wildman–Crippen MR) is 115 cm³/mol. The minimum atomic E-state index is 0.0345. The van der Waals surface area contributed by atoms with E-state index < -0.39 is 0 Å². The van der Waals surface area contributed by atoms with Gasteiger partial charge in [0.2, 0.25) is 0 Å². The first-order valence-corrected chi connectivity index (χ1v) is 10.3. The van der Waals surface area contributed by atoms with Crippen LogP contribution in [0.3, 0.4) is 0 Å². The van der Waals surface area contributed by atoms with Crippen LogP contribution in [-0.4, -0.2) is 23.6 Å². The van der Waals surface area contributed by atoms with E-state index in [1.54, 1.807) is 20.1 Å². The fourth-order valence-corrected chi connectivity index (χ4v) is 4.54. The van der Waals surface area contributed by atoms with Crippen LogP contribution in [0.25, 0.3) is 0 Å². The Morgan fingerprint density at radius 2 is 1.96 bits per heavy atom. The number of allylic oxidation sites excluding steroid dienone is 2. The molecule has 4 nitrogen and oxygen atoms in total. The second-order valence-electron chi connectivity index (χ2n) is 7.39. The Morgan fingerprint density at radius 3 is 2.64 bits per heavy atom. The lowest BCUT2D eigenvalue weighted by Gasteiger charge is -2.31. The van der Waals surface area contributed by atoms with Crippen molar-refractivity contribution >= 4 is 27.4 Å². The normalized spacial score (nSPS) is 21.1. The first-order valence-electron chi connectivity index (χ1n) is 9.47. The van der Waals surface area contributed by atoms with Gasteiger partial charge in [0.15, 0.2) is 5.78 Å². The number of fused-ring (bicyclic) bond motifs is 3. The summed E-state index contributed by atoms with van der Waals surface area (Å²) in [6.07, 6.45) is 3.68. The number of ketones is 1. The molecule has 5 heteroatoms. The molecule has 1 heterocycles.